The lowest BCUT2D eigenvalue weighted by Gasteiger charge is -2.20. The summed E-state index contributed by atoms with van der Waals surface area (Å²) < 4.78 is 31.9. The number of nitrogens with zero attached hydrogens (tertiary/aromatic N) is 1. The molecule has 0 unspecified atom stereocenters. The third kappa shape index (κ3) is 4.35. The molecule has 0 fully saturated rings. The number of sulfonamides is 1. The topological polar surface area (TPSA) is 75.7 Å². The summed E-state index contributed by atoms with van der Waals surface area (Å²) in [7, 11) is -0.758. The Hall–Kier alpha value is -2.54. The maximum Gasteiger partial charge on any atom is 0.264 e. The molecule has 0 aliphatic rings. The van der Waals surface area contributed by atoms with E-state index in [2.05, 4.69) is 5.32 Å². The zero-order valence-electron chi connectivity index (χ0n) is 15.4. The van der Waals surface area contributed by atoms with Crippen LogP contribution in [0.25, 0.3) is 0 Å². The fraction of sp³-hybridized carbons (Fsp3) is 0.316. The summed E-state index contributed by atoms with van der Waals surface area (Å²) in [4.78, 5) is 12.4. The Balaban J connectivity index is 2.29. The quantitative estimate of drug-likeness (QED) is 0.806. The number of ether oxygens (including phenoxy) is 1. The van der Waals surface area contributed by atoms with Gasteiger partial charge in [0, 0.05) is 18.7 Å². The molecule has 0 radical (unpaired) electrons. The predicted molar refractivity (Wildman–Crippen MR) is 102 cm³/mol. The summed E-state index contributed by atoms with van der Waals surface area (Å²) in [5.74, 6) is 0.353. The fourth-order valence-electron chi connectivity index (χ4n) is 2.30. The third-order valence-corrected chi connectivity index (χ3v) is 5.98. The third-order valence-electron chi connectivity index (χ3n) is 4.18. The monoisotopic (exact) mass is 376 g/mol. The molecule has 2 aromatic rings. The molecule has 0 saturated carbocycles. The van der Waals surface area contributed by atoms with Gasteiger partial charge in [0.25, 0.3) is 15.9 Å². The largest absolute Gasteiger partial charge is 0.497 e. The van der Waals surface area contributed by atoms with Crippen molar-refractivity contribution in [2.45, 2.75) is 31.2 Å². The Morgan fingerprint density at radius 2 is 1.85 bits per heavy atom. The van der Waals surface area contributed by atoms with Crippen molar-refractivity contribution in [1.82, 2.24) is 5.32 Å². The van der Waals surface area contributed by atoms with E-state index in [1.54, 1.807) is 36.4 Å². The number of rotatable bonds is 7. The minimum Gasteiger partial charge on any atom is -0.497 e. The first-order valence-electron chi connectivity index (χ1n) is 8.33. The van der Waals surface area contributed by atoms with Crippen LogP contribution in [0.2, 0.25) is 0 Å². The highest BCUT2D eigenvalue weighted by Gasteiger charge is 2.22. The lowest BCUT2D eigenvalue weighted by molar-refractivity contribution is 0.0939. The standard InChI is InChI=1S/C19H24N2O4S/c1-5-14(2)20-19(22)15-7-6-8-16(13-15)21(3)26(23,24)18-11-9-17(25-4)10-12-18/h6-14H,5H2,1-4H3,(H,20,22)/t14-/m0/s1. The van der Waals surface area contributed by atoms with Crippen molar-refractivity contribution in [3.63, 3.8) is 0 Å². The summed E-state index contributed by atoms with van der Waals surface area (Å²) in [5, 5.41) is 2.87. The first-order valence-corrected chi connectivity index (χ1v) is 9.77. The van der Waals surface area contributed by atoms with Crippen LogP contribution in [-0.4, -0.2) is 34.5 Å². The number of carbonyl (C=O) groups is 1. The zero-order valence-corrected chi connectivity index (χ0v) is 16.2. The van der Waals surface area contributed by atoms with Crippen LogP contribution < -0.4 is 14.4 Å². The molecule has 0 saturated heterocycles. The van der Waals surface area contributed by atoms with Crippen LogP contribution in [-0.2, 0) is 10.0 Å². The van der Waals surface area contributed by atoms with Gasteiger partial charge < -0.3 is 10.1 Å². The van der Waals surface area contributed by atoms with E-state index in [-0.39, 0.29) is 16.8 Å². The van der Waals surface area contributed by atoms with Crippen molar-refractivity contribution in [1.29, 1.82) is 0 Å². The minimum absolute atomic E-state index is 0.0481. The molecule has 1 atom stereocenters. The normalized spacial score (nSPS) is 12.3. The van der Waals surface area contributed by atoms with Gasteiger partial charge in [-0.25, -0.2) is 8.42 Å². The van der Waals surface area contributed by atoms with Crippen LogP contribution in [0, 0.1) is 0 Å². The van der Waals surface area contributed by atoms with Crippen LogP contribution in [0.15, 0.2) is 53.4 Å². The van der Waals surface area contributed by atoms with E-state index in [9.17, 15) is 13.2 Å². The second kappa shape index (κ2) is 8.23. The average Bonchev–Trinajstić information content (AvgIpc) is 2.67. The number of amides is 1. The molecule has 1 amide bonds. The predicted octanol–water partition coefficient (Wildman–Crippen LogP) is 3.05. The molecule has 0 aliphatic heterocycles. The smallest absolute Gasteiger partial charge is 0.264 e. The van der Waals surface area contributed by atoms with Gasteiger partial charge in [-0.2, -0.15) is 0 Å². The van der Waals surface area contributed by atoms with Gasteiger partial charge in [-0.15, -0.1) is 0 Å². The highest BCUT2D eigenvalue weighted by atomic mass is 32.2. The molecule has 2 aromatic carbocycles. The molecule has 2 rings (SSSR count). The van der Waals surface area contributed by atoms with Crippen molar-refractivity contribution in [3.8, 4) is 5.75 Å². The van der Waals surface area contributed by atoms with Gasteiger partial charge >= 0.3 is 0 Å². The van der Waals surface area contributed by atoms with E-state index < -0.39 is 10.0 Å². The van der Waals surface area contributed by atoms with Gasteiger partial charge in [0.1, 0.15) is 5.75 Å². The van der Waals surface area contributed by atoms with E-state index in [1.165, 1.54) is 26.3 Å². The highest BCUT2D eigenvalue weighted by molar-refractivity contribution is 7.92. The van der Waals surface area contributed by atoms with Gasteiger partial charge in [-0.05, 0) is 55.8 Å². The van der Waals surface area contributed by atoms with Crippen LogP contribution in [0.1, 0.15) is 30.6 Å². The number of benzene rings is 2. The second-order valence-corrected chi connectivity index (χ2v) is 7.95. The van der Waals surface area contributed by atoms with Crippen molar-refractivity contribution >= 4 is 21.6 Å². The van der Waals surface area contributed by atoms with Crippen molar-refractivity contribution in [3.05, 3.63) is 54.1 Å². The Morgan fingerprint density at radius 1 is 1.19 bits per heavy atom. The van der Waals surface area contributed by atoms with E-state index in [0.717, 1.165) is 10.7 Å². The first-order chi connectivity index (χ1) is 12.3. The van der Waals surface area contributed by atoms with Gasteiger partial charge in [0.2, 0.25) is 0 Å². The minimum atomic E-state index is -3.74. The molecule has 0 heterocycles. The number of anilines is 1. The van der Waals surface area contributed by atoms with E-state index in [4.69, 9.17) is 4.74 Å². The van der Waals surface area contributed by atoms with Crippen molar-refractivity contribution < 1.29 is 17.9 Å². The molecule has 26 heavy (non-hydrogen) atoms. The van der Waals surface area contributed by atoms with Crippen LogP contribution in [0.5, 0.6) is 5.75 Å². The molecule has 0 aliphatic carbocycles. The lowest BCUT2D eigenvalue weighted by Crippen LogP contribution is -2.32. The number of hydrogen-bond acceptors (Lipinski definition) is 4. The number of nitrogens with one attached hydrogen (secondary N) is 1. The molecular weight excluding hydrogens is 352 g/mol. The summed E-state index contributed by atoms with van der Waals surface area (Å²) in [5.41, 5.74) is 0.831. The summed E-state index contributed by atoms with van der Waals surface area (Å²) in [6.07, 6.45) is 0.817. The SMILES string of the molecule is CC[C@H](C)NC(=O)c1cccc(N(C)S(=O)(=O)c2ccc(OC)cc2)c1. The summed E-state index contributed by atoms with van der Waals surface area (Å²) in [6, 6.07) is 12.8. The van der Waals surface area contributed by atoms with Gasteiger partial charge in [-0.1, -0.05) is 13.0 Å². The summed E-state index contributed by atoms with van der Waals surface area (Å²) in [6.45, 7) is 3.90. The highest BCUT2D eigenvalue weighted by Crippen LogP contribution is 2.24. The van der Waals surface area contributed by atoms with E-state index >= 15 is 0 Å². The van der Waals surface area contributed by atoms with Crippen LogP contribution in [0.3, 0.4) is 0 Å². The molecule has 0 bridgehead atoms. The molecule has 140 valence electrons. The summed E-state index contributed by atoms with van der Waals surface area (Å²) >= 11 is 0. The fourth-order valence-corrected chi connectivity index (χ4v) is 3.48. The molecule has 0 spiro atoms. The molecule has 0 aromatic heterocycles. The Kier molecular flexibility index (Phi) is 6.26. The van der Waals surface area contributed by atoms with Crippen LogP contribution >= 0.6 is 0 Å². The first kappa shape index (κ1) is 19.8. The van der Waals surface area contributed by atoms with Gasteiger partial charge in [-0.3, -0.25) is 9.10 Å². The van der Waals surface area contributed by atoms with Gasteiger partial charge in [0.05, 0.1) is 17.7 Å². The molecule has 7 heteroatoms. The second-order valence-electron chi connectivity index (χ2n) is 5.98. The van der Waals surface area contributed by atoms with Gasteiger partial charge in [0.15, 0.2) is 0 Å². The van der Waals surface area contributed by atoms with Crippen LogP contribution in [0.4, 0.5) is 5.69 Å². The Bertz CT molecular complexity index is 863. The van der Waals surface area contributed by atoms with E-state index in [0.29, 0.717) is 17.0 Å². The number of methoxy groups -OCH3 is 1. The van der Waals surface area contributed by atoms with Crippen molar-refractivity contribution in [2.24, 2.45) is 0 Å². The average molecular weight is 376 g/mol. The maximum atomic E-state index is 12.8. The Labute approximate surface area is 154 Å². The molecular formula is C19H24N2O4S. The van der Waals surface area contributed by atoms with Crippen molar-refractivity contribution in [2.75, 3.05) is 18.5 Å². The Morgan fingerprint density at radius 3 is 2.42 bits per heavy atom. The van der Waals surface area contributed by atoms with E-state index in [1.807, 2.05) is 13.8 Å². The molecule has 1 N–H and O–H groups in total. The zero-order chi connectivity index (χ0) is 19.3. The number of carbonyl (C=O) groups excluding carboxylic acids is 1. The number of hydrogen-bond donors (Lipinski definition) is 1. The lowest BCUT2D eigenvalue weighted by atomic mass is 10.1. The molecule has 6 nitrogen and oxygen atoms in total. The maximum absolute atomic E-state index is 12.8.